The average Bonchev–Trinajstić information content (AvgIpc) is 2.90. The molecule has 2 N–H and O–H groups in total. The third-order valence-electron chi connectivity index (χ3n) is 7.06. The van der Waals surface area contributed by atoms with E-state index >= 15 is 0 Å². The molecule has 1 unspecified atom stereocenters. The zero-order valence-electron chi connectivity index (χ0n) is 25.3. The maximum Gasteiger partial charge on any atom is 0.306 e. The number of carboxylic acids is 1. The Bertz CT molecular complexity index is 1170. The van der Waals surface area contributed by atoms with Crippen molar-refractivity contribution in [2.24, 2.45) is 17.8 Å². The van der Waals surface area contributed by atoms with Crippen LogP contribution in [-0.2, 0) is 25.5 Å². The Morgan fingerprint density at radius 1 is 0.951 bits per heavy atom. The van der Waals surface area contributed by atoms with Gasteiger partial charge in [0, 0.05) is 38.9 Å². The van der Waals surface area contributed by atoms with Gasteiger partial charge in [0.15, 0.2) is 0 Å². The number of carbonyl (C=O) groups is 4. The van der Waals surface area contributed by atoms with E-state index in [0.717, 1.165) is 5.56 Å². The van der Waals surface area contributed by atoms with Gasteiger partial charge in [0.1, 0.15) is 11.8 Å². The Morgan fingerprint density at radius 2 is 1.61 bits per heavy atom. The number of carboxylic acid groups (broad SMARTS) is 1. The zero-order chi connectivity index (χ0) is 30.7. The summed E-state index contributed by atoms with van der Waals surface area (Å²) in [6, 6.07) is 13.8. The normalized spacial score (nSPS) is 14.2. The molecule has 0 radical (unpaired) electrons. The van der Waals surface area contributed by atoms with Gasteiger partial charge in [-0.3, -0.25) is 19.2 Å². The molecule has 0 aliphatic carbocycles. The molecular formula is C32H45N3O6. The molecule has 2 amide bonds. The lowest BCUT2D eigenvalue weighted by molar-refractivity contribution is -0.148. The van der Waals surface area contributed by atoms with E-state index in [2.05, 4.69) is 10.3 Å². The van der Waals surface area contributed by atoms with Crippen molar-refractivity contribution in [3.05, 3.63) is 65.5 Å². The predicted octanol–water partition coefficient (Wildman–Crippen LogP) is 5.06. The van der Waals surface area contributed by atoms with Crippen molar-refractivity contribution >= 4 is 23.8 Å². The van der Waals surface area contributed by atoms with E-state index in [4.69, 9.17) is 4.74 Å². The quantitative estimate of drug-likeness (QED) is 0.288. The van der Waals surface area contributed by atoms with Gasteiger partial charge in [-0.15, -0.1) is 0 Å². The molecule has 9 nitrogen and oxygen atoms in total. The molecule has 41 heavy (non-hydrogen) atoms. The second-order valence-corrected chi connectivity index (χ2v) is 11.5. The van der Waals surface area contributed by atoms with Crippen LogP contribution in [0.15, 0.2) is 48.5 Å². The van der Waals surface area contributed by atoms with Crippen molar-refractivity contribution in [3.8, 4) is 0 Å². The van der Waals surface area contributed by atoms with Gasteiger partial charge < -0.3 is 20.1 Å². The minimum atomic E-state index is -0.932. The van der Waals surface area contributed by atoms with Crippen LogP contribution < -0.4 is 5.32 Å². The highest BCUT2D eigenvalue weighted by atomic mass is 16.5. The largest absolute Gasteiger partial charge is 0.481 e. The highest BCUT2D eigenvalue weighted by molar-refractivity contribution is 5.92. The maximum atomic E-state index is 13.3. The van der Waals surface area contributed by atoms with Crippen molar-refractivity contribution in [2.75, 3.05) is 7.05 Å². The van der Waals surface area contributed by atoms with E-state index in [1.807, 2.05) is 58.0 Å². The number of hydrogen-bond donors (Lipinski definition) is 2. The third kappa shape index (κ3) is 11.0. The van der Waals surface area contributed by atoms with Gasteiger partial charge in [-0.25, -0.2) is 4.98 Å². The molecule has 0 fully saturated rings. The number of nitrogens with zero attached hydrogens (tertiary/aromatic N) is 2. The number of aliphatic carboxylic acids is 1. The fourth-order valence-electron chi connectivity index (χ4n) is 4.84. The Labute approximate surface area is 243 Å². The molecule has 1 aromatic carbocycles. The lowest BCUT2D eigenvalue weighted by Gasteiger charge is -2.34. The van der Waals surface area contributed by atoms with Crippen LogP contribution in [0.4, 0.5) is 0 Å². The first kappa shape index (κ1) is 33.5. The summed E-state index contributed by atoms with van der Waals surface area (Å²) in [5, 5.41) is 12.4. The molecule has 0 spiro atoms. The molecule has 0 saturated carbocycles. The van der Waals surface area contributed by atoms with E-state index < -0.39 is 35.9 Å². The van der Waals surface area contributed by atoms with Crippen molar-refractivity contribution in [1.82, 2.24) is 15.2 Å². The zero-order valence-corrected chi connectivity index (χ0v) is 25.3. The molecule has 224 valence electrons. The lowest BCUT2D eigenvalue weighted by Crippen LogP contribution is -2.42. The number of esters is 1. The smallest absolute Gasteiger partial charge is 0.306 e. The van der Waals surface area contributed by atoms with Gasteiger partial charge in [0.05, 0.1) is 11.6 Å². The van der Waals surface area contributed by atoms with Crippen LogP contribution in [0.5, 0.6) is 0 Å². The van der Waals surface area contributed by atoms with Gasteiger partial charge >= 0.3 is 11.9 Å². The van der Waals surface area contributed by atoms with E-state index in [0.29, 0.717) is 25.0 Å². The first-order chi connectivity index (χ1) is 19.3. The number of amides is 2. The van der Waals surface area contributed by atoms with Gasteiger partial charge in [0.25, 0.3) is 5.91 Å². The van der Waals surface area contributed by atoms with Crippen molar-refractivity contribution < 1.29 is 29.0 Å². The Kier molecular flexibility index (Phi) is 13.0. The Hall–Kier alpha value is -3.75. The van der Waals surface area contributed by atoms with Crippen molar-refractivity contribution in [2.45, 2.75) is 85.4 Å². The average molecular weight is 568 g/mol. The molecular weight excluding hydrogens is 522 g/mol. The summed E-state index contributed by atoms with van der Waals surface area (Å²) in [5.41, 5.74) is 1.51. The van der Waals surface area contributed by atoms with Crippen LogP contribution in [0.2, 0.25) is 0 Å². The third-order valence-corrected chi connectivity index (χ3v) is 7.06. The summed E-state index contributed by atoms with van der Waals surface area (Å²) in [5.74, 6) is -2.22. The first-order valence-electron chi connectivity index (χ1n) is 14.3. The minimum absolute atomic E-state index is 0.0152. The fraction of sp³-hybridized carbons (Fsp3) is 0.531. The molecule has 0 saturated heterocycles. The van der Waals surface area contributed by atoms with Gasteiger partial charge in [-0.05, 0) is 42.4 Å². The second-order valence-electron chi connectivity index (χ2n) is 11.5. The van der Waals surface area contributed by atoms with E-state index in [-0.39, 0.29) is 35.9 Å². The molecule has 0 bridgehead atoms. The summed E-state index contributed by atoms with van der Waals surface area (Å²) >= 11 is 0. The fourth-order valence-corrected chi connectivity index (χ4v) is 4.84. The van der Waals surface area contributed by atoms with E-state index in [1.54, 1.807) is 37.1 Å². The standard InChI is InChI=1S/C32H45N3O6/c1-20(2)16-30(37)35(7)28(21(3)4)19-29(41-23(6)36)26-14-11-15-27(34-26)31(38)33-25(17-22(5)32(39)40)18-24-12-9-8-10-13-24/h8-15,20-22,25,28-29H,16-19H2,1-7H3,(H,33,38)(H,39,40)/t22-,25+,28?,29+/m0/s1. The molecule has 2 aromatic rings. The summed E-state index contributed by atoms with van der Waals surface area (Å²) in [7, 11) is 1.77. The SMILES string of the molecule is CC(=O)O[C@H](CC(C(C)C)N(C)C(=O)CC(C)C)c1cccc(C(=O)N[C@@H](Cc2ccccc2)C[C@H](C)C(=O)O)n1. The number of nitrogens with one attached hydrogen (secondary N) is 1. The number of hydrogen-bond acceptors (Lipinski definition) is 6. The van der Waals surface area contributed by atoms with Crippen LogP contribution in [0.3, 0.4) is 0 Å². The molecule has 2 rings (SSSR count). The Morgan fingerprint density at radius 3 is 2.17 bits per heavy atom. The topological polar surface area (TPSA) is 126 Å². The van der Waals surface area contributed by atoms with Crippen LogP contribution in [0.25, 0.3) is 0 Å². The first-order valence-corrected chi connectivity index (χ1v) is 14.3. The van der Waals surface area contributed by atoms with Crippen LogP contribution >= 0.6 is 0 Å². The summed E-state index contributed by atoms with van der Waals surface area (Å²) in [6.45, 7) is 10.9. The number of carbonyl (C=O) groups excluding carboxylic acids is 3. The molecule has 9 heteroatoms. The molecule has 0 aliphatic heterocycles. The predicted molar refractivity (Wildman–Crippen MR) is 157 cm³/mol. The maximum absolute atomic E-state index is 13.3. The number of rotatable bonds is 15. The molecule has 0 aliphatic rings. The van der Waals surface area contributed by atoms with E-state index in [1.165, 1.54) is 6.92 Å². The van der Waals surface area contributed by atoms with Crippen LogP contribution in [0.1, 0.15) is 88.7 Å². The van der Waals surface area contributed by atoms with Crippen LogP contribution in [0, 0.1) is 17.8 Å². The van der Waals surface area contributed by atoms with Crippen molar-refractivity contribution in [1.29, 1.82) is 0 Å². The van der Waals surface area contributed by atoms with Gasteiger partial charge in [0.2, 0.25) is 5.91 Å². The number of ether oxygens (including phenoxy) is 1. The van der Waals surface area contributed by atoms with Gasteiger partial charge in [-0.2, -0.15) is 0 Å². The molecule has 4 atom stereocenters. The minimum Gasteiger partial charge on any atom is -0.481 e. The Balaban J connectivity index is 2.31. The second kappa shape index (κ2) is 15.9. The highest BCUT2D eigenvalue weighted by Gasteiger charge is 2.30. The van der Waals surface area contributed by atoms with Crippen molar-refractivity contribution in [3.63, 3.8) is 0 Å². The molecule has 1 aromatic heterocycles. The number of pyridine rings is 1. The number of aromatic nitrogens is 1. The number of benzene rings is 1. The summed E-state index contributed by atoms with van der Waals surface area (Å²) in [6.07, 6.45) is 0.679. The highest BCUT2D eigenvalue weighted by Crippen LogP contribution is 2.28. The molecule has 1 heterocycles. The monoisotopic (exact) mass is 567 g/mol. The lowest BCUT2D eigenvalue weighted by atomic mass is 9.94. The van der Waals surface area contributed by atoms with E-state index in [9.17, 15) is 24.3 Å². The van der Waals surface area contributed by atoms with Crippen LogP contribution in [-0.4, -0.2) is 57.9 Å². The van der Waals surface area contributed by atoms with Gasteiger partial charge in [-0.1, -0.05) is 71.0 Å². The summed E-state index contributed by atoms with van der Waals surface area (Å²) < 4.78 is 5.67. The summed E-state index contributed by atoms with van der Waals surface area (Å²) in [4.78, 5) is 56.1.